The van der Waals surface area contributed by atoms with E-state index in [0.717, 1.165) is 6.54 Å². The van der Waals surface area contributed by atoms with E-state index in [2.05, 4.69) is 0 Å². The Hall–Kier alpha value is -0.0800. The average molecular weight is 142 g/mol. The monoisotopic (exact) mass is 142 g/mol. The molecule has 2 unspecified atom stereocenters. The second kappa shape index (κ2) is 3.94. The molecular formula is C8H18N2. The van der Waals surface area contributed by atoms with Gasteiger partial charge in [-0.3, -0.25) is 0 Å². The molecule has 10 heavy (non-hydrogen) atoms. The van der Waals surface area contributed by atoms with Crippen molar-refractivity contribution in [3.8, 4) is 0 Å². The molecule has 0 aromatic rings. The third-order valence-corrected chi connectivity index (χ3v) is 2.52. The highest BCUT2D eigenvalue weighted by molar-refractivity contribution is 4.76. The first-order valence-corrected chi connectivity index (χ1v) is 4.30. The Morgan fingerprint density at radius 2 is 1.80 bits per heavy atom. The number of rotatable bonds is 1. The van der Waals surface area contributed by atoms with Crippen LogP contribution in [-0.2, 0) is 0 Å². The summed E-state index contributed by atoms with van der Waals surface area (Å²) in [7, 11) is 0. The van der Waals surface area contributed by atoms with Gasteiger partial charge in [0.1, 0.15) is 0 Å². The van der Waals surface area contributed by atoms with Gasteiger partial charge in [0.25, 0.3) is 0 Å². The number of nitrogens with two attached hydrogens (primary N) is 2. The van der Waals surface area contributed by atoms with Crippen LogP contribution in [0.15, 0.2) is 0 Å². The zero-order valence-electron chi connectivity index (χ0n) is 6.55. The van der Waals surface area contributed by atoms with Crippen LogP contribution in [0.5, 0.6) is 0 Å². The molecule has 1 rings (SSSR count). The van der Waals surface area contributed by atoms with E-state index in [4.69, 9.17) is 11.5 Å². The molecule has 0 radical (unpaired) electrons. The van der Waals surface area contributed by atoms with E-state index in [1.54, 1.807) is 0 Å². The lowest BCUT2D eigenvalue weighted by molar-refractivity contribution is 0.407. The van der Waals surface area contributed by atoms with Crippen LogP contribution >= 0.6 is 0 Å². The van der Waals surface area contributed by atoms with Crippen molar-refractivity contribution >= 4 is 0 Å². The molecule has 2 atom stereocenters. The minimum Gasteiger partial charge on any atom is -0.330 e. The highest BCUT2D eigenvalue weighted by atomic mass is 14.7. The van der Waals surface area contributed by atoms with Gasteiger partial charge in [-0.15, -0.1) is 0 Å². The summed E-state index contributed by atoms with van der Waals surface area (Å²) in [4.78, 5) is 0. The van der Waals surface area contributed by atoms with Crippen LogP contribution in [-0.4, -0.2) is 12.6 Å². The highest BCUT2D eigenvalue weighted by Crippen LogP contribution is 2.20. The van der Waals surface area contributed by atoms with Crippen LogP contribution in [0.4, 0.5) is 0 Å². The second-order valence-corrected chi connectivity index (χ2v) is 3.30. The lowest BCUT2D eigenvalue weighted by Gasteiger charge is -2.18. The molecule has 60 valence electrons. The fraction of sp³-hybridized carbons (Fsp3) is 1.00. The van der Waals surface area contributed by atoms with Crippen LogP contribution in [0.25, 0.3) is 0 Å². The Bertz CT molecular complexity index is 93.3. The first-order valence-electron chi connectivity index (χ1n) is 4.30. The van der Waals surface area contributed by atoms with Gasteiger partial charge in [-0.05, 0) is 25.3 Å². The predicted molar refractivity (Wildman–Crippen MR) is 43.6 cm³/mol. The van der Waals surface area contributed by atoms with Gasteiger partial charge in [0.2, 0.25) is 0 Å². The average Bonchev–Trinajstić information content (AvgIpc) is 2.13. The second-order valence-electron chi connectivity index (χ2n) is 3.30. The summed E-state index contributed by atoms with van der Waals surface area (Å²) in [6, 6.07) is 0.382. The van der Waals surface area contributed by atoms with E-state index in [0.29, 0.717) is 12.0 Å². The third-order valence-electron chi connectivity index (χ3n) is 2.52. The predicted octanol–water partition coefficient (Wildman–Crippen LogP) is 0.853. The molecule has 0 aromatic carbocycles. The fourth-order valence-electron chi connectivity index (χ4n) is 1.71. The molecule has 1 fully saturated rings. The lowest BCUT2D eigenvalue weighted by atomic mass is 9.96. The molecule has 0 spiro atoms. The number of hydrogen-bond donors (Lipinski definition) is 2. The van der Waals surface area contributed by atoms with E-state index in [1.165, 1.54) is 32.1 Å². The van der Waals surface area contributed by atoms with Crippen molar-refractivity contribution in [3.05, 3.63) is 0 Å². The summed E-state index contributed by atoms with van der Waals surface area (Å²) >= 11 is 0. The van der Waals surface area contributed by atoms with Gasteiger partial charge >= 0.3 is 0 Å². The van der Waals surface area contributed by atoms with Crippen LogP contribution < -0.4 is 11.5 Å². The Labute approximate surface area is 63.0 Å². The molecule has 0 amide bonds. The van der Waals surface area contributed by atoms with Crippen molar-refractivity contribution in [1.29, 1.82) is 0 Å². The van der Waals surface area contributed by atoms with Crippen molar-refractivity contribution in [2.45, 2.75) is 38.1 Å². The Morgan fingerprint density at radius 3 is 2.50 bits per heavy atom. The third kappa shape index (κ3) is 1.96. The summed E-state index contributed by atoms with van der Waals surface area (Å²) in [5.74, 6) is 0.600. The fourth-order valence-corrected chi connectivity index (χ4v) is 1.71. The molecule has 0 aliphatic heterocycles. The van der Waals surface area contributed by atoms with E-state index < -0.39 is 0 Å². The minimum atomic E-state index is 0.382. The summed E-state index contributed by atoms with van der Waals surface area (Å²) in [6.07, 6.45) is 6.41. The molecule has 1 aliphatic carbocycles. The summed E-state index contributed by atoms with van der Waals surface area (Å²) in [6.45, 7) is 0.779. The van der Waals surface area contributed by atoms with Crippen LogP contribution in [0, 0.1) is 5.92 Å². The first-order chi connectivity index (χ1) is 4.84. The topological polar surface area (TPSA) is 52.0 Å². The largest absolute Gasteiger partial charge is 0.330 e. The molecule has 1 saturated carbocycles. The standard InChI is InChI=1S/C8H18N2/c9-6-7-4-2-1-3-5-8(7)10/h7-8H,1-6,9-10H2. The zero-order valence-corrected chi connectivity index (χ0v) is 6.55. The van der Waals surface area contributed by atoms with Gasteiger partial charge in [-0.2, -0.15) is 0 Å². The molecule has 1 aliphatic rings. The van der Waals surface area contributed by atoms with E-state index in [9.17, 15) is 0 Å². The summed E-state index contributed by atoms with van der Waals surface area (Å²) in [5, 5.41) is 0. The highest BCUT2D eigenvalue weighted by Gasteiger charge is 2.17. The maximum absolute atomic E-state index is 5.91. The molecule has 2 heteroatoms. The van der Waals surface area contributed by atoms with Crippen LogP contribution in [0.1, 0.15) is 32.1 Å². The van der Waals surface area contributed by atoms with Gasteiger partial charge in [0.05, 0.1) is 0 Å². The van der Waals surface area contributed by atoms with Crippen molar-refractivity contribution in [3.63, 3.8) is 0 Å². The van der Waals surface area contributed by atoms with Crippen molar-refractivity contribution in [2.24, 2.45) is 17.4 Å². The molecular weight excluding hydrogens is 124 g/mol. The van der Waals surface area contributed by atoms with Crippen LogP contribution in [0.2, 0.25) is 0 Å². The van der Waals surface area contributed by atoms with Crippen molar-refractivity contribution in [2.75, 3.05) is 6.54 Å². The molecule has 0 heterocycles. The van der Waals surface area contributed by atoms with E-state index >= 15 is 0 Å². The molecule has 0 aromatic heterocycles. The minimum absolute atomic E-state index is 0.382. The Morgan fingerprint density at radius 1 is 1.10 bits per heavy atom. The molecule has 4 N–H and O–H groups in total. The molecule has 0 bridgehead atoms. The maximum Gasteiger partial charge on any atom is 0.00792 e. The zero-order chi connectivity index (χ0) is 7.40. The molecule has 2 nitrogen and oxygen atoms in total. The lowest BCUT2D eigenvalue weighted by Crippen LogP contribution is -2.33. The Balaban J connectivity index is 2.35. The summed E-state index contributed by atoms with van der Waals surface area (Å²) in [5.41, 5.74) is 11.5. The summed E-state index contributed by atoms with van der Waals surface area (Å²) < 4.78 is 0. The van der Waals surface area contributed by atoms with Crippen LogP contribution in [0.3, 0.4) is 0 Å². The van der Waals surface area contributed by atoms with E-state index in [-0.39, 0.29) is 0 Å². The van der Waals surface area contributed by atoms with Gasteiger partial charge in [-0.1, -0.05) is 19.3 Å². The van der Waals surface area contributed by atoms with Gasteiger partial charge in [0, 0.05) is 6.04 Å². The maximum atomic E-state index is 5.91. The smallest absolute Gasteiger partial charge is 0.00792 e. The van der Waals surface area contributed by atoms with Crippen molar-refractivity contribution in [1.82, 2.24) is 0 Å². The SMILES string of the molecule is NCC1CCCCCC1N. The normalized spacial score (nSPS) is 35.4. The van der Waals surface area contributed by atoms with Gasteiger partial charge < -0.3 is 11.5 Å². The van der Waals surface area contributed by atoms with E-state index in [1.807, 2.05) is 0 Å². The van der Waals surface area contributed by atoms with Gasteiger partial charge in [-0.25, -0.2) is 0 Å². The number of hydrogen-bond acceptors (Lipinski definition) is 2. The van der Waals surface area contributed by atoms with Crippen molar-refractivity contribution < 1.29 is 0 Å². The van der Waals surface area contributed by atoms with Gasteiger partial charge in [0.15, 0.2) is 0 Å². The Kier molecular flexibility index (Phi) is 3.16. The molecule has 0 saturated heterocycles. The first kappa shape index (κ1) is 8.02. The quantitative estimate of drug-likeness (QED) is 0.533.